The molecule has 0 bridgehead atoms. The maximum absolute atomic E-state index is 13.5. The van der Waals surface area contributed by atoms with Gasteiger partial charge in [-0.25, -0.2) is 8.42 Å². The van der Waals surface area contributed by atoms with Crippen molar-refractivity contribution < 1.29 is 26.5 Å². The van der Waals surface area contributed by atoms with Crippen molar-refractivity contribution in [3.63, 3.8) is 0 Å². The number of benzene rings is 2. The molecule has 1 fully saturated rings. The second kappa shape index (κ2) is 6.49. The van der Waals surface area contributed by atoms with Crippen molar-refractivity contribution in [2.24, 2.45) is 0 Å². The quantitative estimate of drug-likeness (QED) is 0.826. The van der Waals surface area contributed by atoms with Gasteiger partial charge in [0.2, 0.25) is 0 Å². The molecule has 0 saturated carbocycles. The highest BCUT2D eigenvalue weighted by molar-refractivity contribution is 7.93. The Kier molecular flexibility index (Phi) is 4.46. The van der Waals surface area contributed by atoms with Crippen LogP contribution in [-0.2, 0) is 16.2 Å². The number of rotatable bonds is 2. The Labute approximate surface area is 162 Å². The summed E-state index contributed by atoms with van der Waals surface area (Å²) in [7, 11) is -2.31. The number of sulfonamides is 1. The molecule has 2 heterocycles. The van der Waals surface area contributed by atoms with E-state index in [9.17, 15) is 21.6 Å². The number of halogens is 3. The molecule has 150 valence electrons. The molecule has 1 saturated heterocycles. The van der Waals surface area contributed by atoms with Gasteiger partial charge in [-0.3, -0.25) is 4.31 Å². The first kappa shape index (κ1) is 19.3. The van der Waals surface area contributed by atoms with Crippen molar-refractivity contribution in [2.45, 2.75) is 36.4 Å². The van der Waals surface area contributed by atoms with Gasteiger partial charge >= 0.3 is 6.18 Å². The lowest BCUT2D eigenvalue weighted by Crippen LogP contribution is -3.11. The van der Waals surface area contributed by atoms with E-state index in [4.69, 9.17) is 0 Å². The van der Waals surface area contributed by atoms with Gasteiger partial charge in [0.05, 0.1) is 48.2 Å². The normalized spacial score (nSPS) is 24.8. The Hall–Kier alpha value is -2.06. The summed E-state index contributed by atoms with van der Waals surface area (Å²) in [5.41, 5.74) is 1.31. The van der Waals surface area contributed by atoms with Gasteiger partial charge in [0.1, 0.15) is 0 Å². The van der Waals surface area contributed by atoms with E-state index in [1.54, 1.807) is 6.07 Å². The molecule has 0 radical (unpaired) electrons. The van der Waals surface area contributed by atoms with E-state index < -0.39 is 26.7 Å². The Morgan fingerprint density at radius 3 is 2.57 bits per heavy atom. The predicted octanol–water partition coefficient (Wildman–Crippen LogP) is 2.59. The molecule has 0 aromatic heterocycles. The molecular formula is C20H22F3N2O2S+. The number of likely N-dealkylation sites (N-methyl/N-ethyl adjacent to an activating group) is 1. The number of likely N-dealkylation sites (tertiary alicyclic amines) is 1. The summed E-state index contributed by atoms with van der Waals surface area (Å²) in [6.07, 6.45) is -4.13. The predicted molar refractivity (Wildman–Crippen MR) is 100 cm³/mol. The number of hydrogen-bond donors (Lipinski definition) is 1. The van der Waals surface area contributed by atoms with Crippen LogP contribution >= 0.6 is 0 Å². The van der Waals surface area contributed by atoms with Gasteiger partial charge in [0.15, 0.2) is 0 Å². The average molecular weight is 411 g/mol. The maximum atomic E-state index is 13.5. The summed E-state index contributed by atoms with van der Waals surface area (Å²) >= 11 is 0. The SMILES string of the molecule is Cc1ccc2c(c1)[C@@H]1C[NH+](C)CC[C@@H]1N2S(=O)(=O)c1ccccc1C(F)(F)F. The summed E-state index contributed by atoms with van der Waals surface area (Å²) in [6.45, 7) is 3.47. The molecule has 2 aliphatic heterocycles. The summed E-state index contributed by atoms with van der Waals surface area (Å²) < 4.78 is 68.8. The van der Waals surface area contributed by atoms with E-state index in [-0.39, 0.29) is 12.0 Å². The number of nitrogens with one attached hydrogen (secondary N) is 1. The molecular weight excluding hydrogens is 389 g/mol. The third-order valence-corrected chi connectivity index (χ3v) is 7.65. The van der Waals surface area contributed by atoms with E-state index in [0.29, 0.717) is 12.1 Å². The van der Waals surface area contributed by atoms with Gasteiger partial charge in [-0.05, 0) is 30.7 Å². The number of nitrogens with zero attached hydrogens (tertiary/aromatic N) is 1. The minimum absolute atomic E-state index is 0.0172. The Bertz CT molecular complexity index is 1020. The summed E-state index contributed by atoms with van der Waals surface area (Å²) in [5, 5.41) is 0. The van der Waals surface area contributed by atoms with Crippen molar-refractivity contribution in [1.29, 1.82) is 0 Å². The first-order valence-corrected chi connectivity index (χ1v) is 10.7. The average Bonchev–Trinajstić information content (AvgIpc) is 2.94. The van der Waals surface area contributed by atoms with Gasteiger partial charge in [-0.15, -0.1) is 0 Å². The number of anilines is 1. The number of hydrogen-bond acceptors (Lipinski definition) is 2. The summed E-state index contributed by atoms with van der Waals surface area (Å²) in [4.78, 5) is 0.615. The lowest BCUT2D eigenvalue weighted by atomic mass is 9.89. The van der Waals surface area contributed by atoms with Crippen molar-refractivity contribution >= 4 is 15.7 Å². The molecule has 8 heteroatoms. The fraction of sp³-hybridized carbons (Fsp3) is 0.400. The summed E-state index contributed by atoms with van der Waals surface area (Å²) in [5.74, 6) is -0.0172. The number of quaternary nitrogens is 1. The van der Waals surface area contributed by atoms with E-state index in [1.807, 2.05) is 19.1 Å². The van der Waals surface area contributed by atoms with Crippen molar-refractivity contribution in [3.05, 3.63) is 59.2 Å². The third-order valence-electron chi connectivity index (χ3n) is 5.75. The van der Waals surface area contributed by atoms with Gasteiger partial charge < -0.3 is 4.90 Å². The standard InChI is InChI=1S/C20H21F3N2O2S/c1-13-7-8-17-14(11-13)15-12-24(2)10-9-18(15)25(17)28(26,27)19-6-4-3-5-16(19)20(21,22)23/h3-8,11,15,18H,9-10,12H2,1-2H3/p+1/t15-,18-/m0/s1. The number of alkyl halides is 3. The highest BCUT2D eigenvalue weighted by Gasteiger charge is 2.49. The van der Waals surface area contributed by atoms with E-state index in [1.165, 1.54) is 21.3 Å². The number of aryl methyl sites for hydroxylation is 1. The van der Waals surface area contributed by atoms with Crippen LogP contribution in [0.4, 0.5) is 18.9 Å². The zero-order valence-corrected chi connectivity index (χ0v) is 16.4. The Morgan fingerprint density at radius 1 is 1.14 bits per heavy atom. The van der Waals surface area contributed by atoms with Crippen molar-refractivity contribution in [1.82, 2.24) is 0 Å². The molecule has 2 aromatic rings. The van der Waals surface area contributed by atoms with Crippen LogP contribution < -0.4 is 9.21 Å². The zero-order valence-electron chi connectivity index (χ0n) is 15.6. The van der Waals surface area contributed by atoms with Crippen LogP contribution in [0.3, 0.4) is 0 Å². The lowest BCUT2D eigenvalue weighted by molar-refractivity contribution is -0.886. The molecule has 3 atom stereocenters. The summed E-state index contributed by atoms with van der Waals surface area (Å²) in [6, 6.07) is 9.59. The van der Waals surface area contributed by atoms with E-state index in [2.05, 4.69) is 7.05 Å². The highest BCUT2D eigenvalue weighted by atomic mass is 32.2. The third kappa shape index (κ3) is 2.99. The van der Waals surface area contributed by atoms with Crippen LogP contribution in [0, 0.1) is 6.92 Å². The molecule has 28 heavy (non-hydrogen) atoms. The Balaban J connectivity index is 1.90. The minimum atomic E-state index is -4.74. The topological polar surface area (TPSA) is 41.8 Å². The first-order valence-electron chi connectivity index (χ1n) is 9.23. The van der Waals surface area contributed by atoms with E-state index in [0.717, 1.165) is 36.3 Å². The van der Waals surface area contributed by atoms with Crippen LogP contribution in [0.25, 0.3) is 0 Å². The van der Waals surface area contributed by atoms with Crippen LogP contribution in [-0.4, -0.2) is 34.6 Å². The minimum Gasteiger partial charge on any atom is -0.337 e. The molecule has 0 amide bonds. The van der Waals surface area contributed by atoms with Crippen LogP contribution in [0.2, 0.25) is 0 Å². The largest absolute Gasteiger partial charge is 0.417 e. The molecule has 2 aliphatic rings. The second-order valence-electron chi connectivity index (χ2n) is 7.73. The molecule has 2 aromatic carbocycles. The highest BCUT2D eigenvalue weighted by Crippen LogP contribution is 2.47. The van der Waals surface area contributed by atoms with Gasteiger partial charge in [0, 0.05) is 6.42 Å². The monoisotopic (exact) mass is 411 g/mol. The number of piperidine rings is 1. The second-order valence-corrected chi connectivity index (χ2v) is 9.51. The van der Waals surface area contributed by atoms with Gasteiger partial charge in [-0.1, -0.05) is 29.8 Å². The fourth-order valence-electron chi connectivity index (χ4n) is 4.50. The fourth-order valence-corrected chi connectivity index (χ4v) is 6.45. The molecule has 0 aliphatic carbocycles. The number of fused-ring (bicyclic) bond motifs is 3. The molecule has 4 nitrogen and oxygen atoms in total. The molecule has 1 N–H and O–H groups in total. The molecule has 1 unspecified atom stereocenters. The smallest absolute Gasteiger partial charge is 0.337 e. The molecule has 4 rings (SSSR count). The Morgan fingerprint density at radius 2 is 1.86 bits per heavy atom. The maximum Gasteiger partial charge on any atom is 0.417 e. The van der Waals surface area contributed by atoms with Crippen LogP contribution in [0.15, 0.2) is 47.4 Å². The van der Waals surface area contributed by atoms with Gasteiger partial charge in [0.25, 0.3) is 10.0 Å². The van der Waals surface area contributed by atoms with Crippen LogP contribution in [0.1, 0.15) is 29.0 Å². The first-order chi connectivity index (χ1) is 13.1. The zero-order chi connectivity index (χ0) is 20.3. The van der Waals surface area contributed by atoms with E-state index >= 15 is 0 Å². The van der Waals surface area contributed by atoms with Crippen molar-refractivity contribution in [2.75, 3.05) is 24.4 Å². The van der Waals surface area contributed by atoms with Gasteiger partial charge in [-0.2, -0.15) is 13.2 Å². The lowest BCUT2D eigenvalue weighted by Gasteiger charge is -2.35. The molecule has 0 spiro atoms. The van der Waals surface area contributed by atoms with Crippen molar-refractivity contribution in [3.8, 4) is 0 Å². The van der Waals surface area contributed by atoms with Crippen LogP contribution in [0.5, 0.6) is 0 Å².